The molecular formula is C25H21N5. The minimum Gasteiger partial charge on any atom is -0.275 e. The monoisotopic (exact) mass is 391 g/mol. The number of aromatic nitrogens is 1. The summed E-state index contributed by atoms with van der Waals surface area (Å²) in [5, 5.41) is 12.3. The molecule has 3 aromatic carbocycles. The van der Waals surface area contributed by atoms with Gasteiger partial charge in [-0.2, -0.15) is 10.2 Å². The quantitative estimate of drug-likeness (QED) is 0.280. The summed E-state index contributed by atoms with van der Waals surface area (Å²) in [5.74, 6) is 0. The normalized spacial score (nSPS) is 16.2. The first-order valence-corrected chi connectivity index (χ1v) is 9.97. The van der Waals surface area contributed by atoms with Crippen molar-refractivity contribution in [2.75, 3.05) is 5.43 Å². The molecule has 0 saturated heterocycles. The second-order valence-electron chi connectivity index (χ2n) is 7.16. The van der Waals surface area contributed by atoms with E-state index in [4.69, 9.17) is 5.10 Å². The van der Waals surface area contributed by atoms with Gasteiger partial charge in [0.15, 0.2) is 0 Å². The van der Waals surface area contributed by atoms with Crippen LogP contribution in [0.25, 0.3) is 10.9 Å². The second kappa shape index (κ2) is 8.17. The molecular weight excluding hydrogens is 370 g/mol. The summed E-state index contributed by atoms with van der Waals surface area (Å²) < 4.78 is 0. The largest absolute Gasteiger partial charge is 0.275 e. The number of rotatable bonds is 5. The van der Waals surface area contributed by atoms with Crippen LogP contribution in [0.5, 0.6) is 0 Å². The minimum atomic E-state index is 0.109. The summed E-state index contributed by atoms with van der Waals surface area (Å²) in [7, 11) is 0. The number of hydrogen-bond donors (Lipinski definition) is 1. The predicted molar refractivity (Wildman–Crippen MR) is 122 cm³/mol. The molecule has 0 fully saturated rings. The Hall–Kier alpha value is -3.99. The third kappa shape index (κ3) is 3.65. The number of benzene rings is 3. The van der Waals surface area contributed by atoms with Gasteiger partial charge in [0, 0.05) is 18.0 Å². The van der Waals surface area contributed by atoms with Gasteiger partial charge in [-0.1, -0.05) is 78.9 Å². The Balaban J connectivity index is 1.42. The number of fused-ring (bicyclic) bond motifs is 1. The summed E-state index contributed by atoms with van der Waals surface area (Å²) >= 11 is 0. The first-order valence-electron chi connectivity index (χ1n) is 9.97. The van der Waals surface area contributed by atoms with Crippen molar-refractivity contribution < 1.29 is 0 Å². The molecule has 5 rings (SSSR count). The van der Waals surface area contributed by atoms with Gasteiger partial charge >= 0.3 is 0 Å². The number of anilines is 1. The van der Waals surface area contributed by atoms with Gasteiger partial charge in [-0.05, 0) is 23.3 Å². The Bertz CT molecular complexity index is 1200. The van der Waals surface area contributed by atoms with Crippen LogP contribution in [-0.2, 0) is 0 Å². The highest BCUT2D eigenvalue weighted by Gasteiger charge is 2.27. The Morgan fingerprint density at radius 2 is 1.63 bits per heavy atom. The van der Waals surface area contributed by atoms with E-state index in [1.165, 1.54) is 5.56 Å². The van der Waals surface area contributed by atoms with Gasteiger partial charge in [0.05, 0.1) is 23.0 Å². The molecule has 5 heteroatoms. The van der Waals surface area contributed by atoms with E-state index in [2.05, 4.69) is 51.9 Å². The molecule has 1 N–H and O–H groups in total. The lowest BCUT2D eigenvalue weighted by molar-refractivity contribution is 0.381. The van der Waals surface area contributed by atoms with Crippen molar-refractivity contribution in [2.45, 2.75) is 12.5 Å². The van der Waals surface area contributed by atoms with E-state index in [0.29, 0.717) is 0 Å². The maximum absolute atomic E-state index is 4.85. The molecule has 146 valence electrons. The van der Waals surface area contributed by atoms with Crippen molar-refractivity contribution in [3.05, 3.63) is 108 Å². The van der Waals surface area contributed by atoms with Gasteiger partial charge in [0.25, 0.3) is 0 Å². The van der Waals surface area contributed by atoms with E-state index in [1.807, 2.05) is 59.6 Å². The Labute approximate surface area is 175 Å². The average molecular weight is 391 g/mol. The predicted octanol–water partition coefficient (Wildman–Crippen LogP) is 5.44. The number of nitrogens with one attached hydrogen (secondary N) is 1. The zero-order valence-corrected chi connectivity index (χ0v) is 16.4. The zero-order chi connectivity index (χ0) is 20.2. The van der Waals surface area contributed by atoms with E-state index in [1.54, 1.807) is 12.5 Å². The van der Waals surface area contributed by atoms with Crippen LogP contribution in [0.3, 0.4) is 0 Å². The molecule has 2 heterocycles. The number of pyridine rings is 1. The molecule has 1 atom stereocenters. The van der Waals surface area contributed by atoms with E-state index in [-0.39, 0.29) is 6.04 Å². The molecule has 0 unspecified atom stereocenters. The molecule has 1 aromatic heterocycles. The molecule has 0 bridgehead atoms. The molecule has 30 heavy (non-hydrogen) atoms. The van der Waals surface area contributed by atoms with Crippen molar-refractivity contribution in [1.82, 2.24) is 9.99 Å². The molecule has 5 nitrogen and oxygen atoms in total. The highest BCUT2D eigenvalue weighted by molar-refractivity contribution is 6.02. The second-order valence-corrected chi connectivity index (χ2v) is 7.16. The maximum atomic E-state index is 4.85. The van der Waals surface area contributed by atoms with Crippen LogP contribution in [0.4, 0.5) is 5.69 Å². The fourth-order valence-electron chi connectivity index (χ4n) is 3.74. The lowest BCUT2D eigenvalue weighted by Gasteiger charge is -2.19. The van der Waals surface area contributed by atoms with Crippen LogP contribution >= 0.6 is 0 Å². The number of hydrazone groups is 2. The van der Waals surface area contributed by atoms with Crippen molar-refractivity contribution in [2.24, 2.45) is 10.2 Å². The van der Waals surface area contributed by atoms with Crippen LogP contribution in [0.15, 0.2) is 107 Å². The fourth-order valence-corrected chi connectivity index (χ4v) is 3.74. The van der Waals surface area contributed by atoms with E-state index < -0.39 is 0 Å². The SMILES string of the molecule is C(=N/Nc1cccc2cccnc12)/N1N=C(c2ccccc2)C[C@H]1c1ccccc1. The Kier molecular flexibility index (Phi) is 4.92. The van der Waals surface area contributed by atoms with E-state index in [9.17, 15) is 0 Å². The van der Waals surface area contributed by atoms with E-state index >= 15 is 0 Å². The van der Waals surface area contributed by atoms with Gasteiger partial charge in [-0.25, -0.2) is 5.01 Å². The topological polar surface area (TPSA) is 52.9 Å². The molecule has 0 spiro atoms. The zero-order valence-electron chi connectivity index (χ0n) is 16.4. The fraction of sp³-hybridized carbons (Fsp3) is 0.0800. The van der Waals surface area contributed by atoms with Crippen molar-refractivity contribution in [1.29, 1.82) is 0 Å². The highest BCUT2D eigenvalue weighted by Crippen LogP contribution is 2.31. The lowest BCUT2D eigenvalue weighted by atomic mass is 9.99. The Morgan fingerprint density at radius 3 is 2.47 bits per heavy atom. The van der Waals surface area contributed by atoms with Crippen molar-refractivity contribution in [3.8, 4) is 0 Å². The smallest absolute Gasteiger partial charge is 0.132 e. The molecule has 0 radical (unpaired) electrons. The molecule has 0 amide bonds. The average Bonchev–Trinajstić information content (AvgIpc) is 3.25. The highest BCUT2D eigenvalue weighted by atomic mass is 15.5. The van der Waals surface area contributed by atoms with E-state index in [0.717, 1.165) is 34.3 Å². The lowest BCUT2D eigenvalue weighted by Crippen LogP contribution is -2.18. The van der Waals surface area contributed by atoms with Crippen LogP contribution in [0, 0.1) is 0 Å². The van der Waals surface area contributed by atoms with Crippen molar-refractivity contribution in [3.63, 3.8) is 0 Å². The maximum Gasteiger partial charge on any atom is 0.132 e. The van der Waals surface area contributed by atoms with Crippen LogP contribution in [0.1, 0.15) is 23.6 Å². The summed E-state index contributed by atoms with van der Waals surface area (Å²) in [5.41, 5.74) is 8.31. The van der Waals surface area contributed by atoms with Gasteiger partial charge in [-0.3, -0.25) is 10.4 Å². The summed E-state index contributed by atoms with van der Waals surface area (Å²) in [4.78, 5) is 4.47. The minimum absolute atomic E-state index is 0.109. The first-order chi connectivity index (χ1) is 14.9. The third-order valence-electron chi connectivity index (χ3n) is 5.23. The van der Waals surface area contributed by atoms with Crippen molar-refractivity contribution >= 4 is 28.6 Å². The first kappa shape index (κ1) is 18.1. The summed E-state index contributed by atoms with van der Waals surface area (Å²) in [6.07, 6.45) is 4.38. The summed E-state index contributed by atoms with van der Waals surface area (Å²) in [6, 6.07) is 30.8. The molecule has 0 aliphatic carbocycles. The van der Waals surface area contributed by atoms with Crippen LogP contribution in [-0.4, -0.2) is 22.0 Å². The van der Waals surface area contributed by atoms with Crippen LogP contribution in [0.2, 0.25) is 0 Å². The molecule has 0 saturated carbocycles. The number of nitrogens with zero attached hydrogens (tertiary/aromatic N) is 4. The van der Waals surface area contributed by atoms with Gasteiger partial charge < -0.3 is 0 Å². The van der Waals surface area contributed by atoms with Gasteiger partial charge in [0.2, 0.25) is 0 Å². The summed E-state index contributed by atoms with van der Waals surface area (Å²) in [6.45, 7) is 0. The molecule has 4 aromatic rings. The van der Waals surface area contributed by atoms with Crippen LogP contribution < -0.4 is 5.43 Å². The Morgan fingerprint density at radius 1 is 0.867 bits per heavy atom. The van der Waals surface area contributed by atoms with Gasteiger partial charge in [0.1, 0.15) is 6.34 Å². The van der Waals surface area contributed by atoms with Gasteiger partial charge in [-0.15, -0.1) is 0 Å². The molecule has 1 aliphatic rings. The number of hydrogen-bond acceptors (Lipinski definition) is 4. The number of para-hydroxylation sites is 1. The third-order valence-corrected chi connectivity index (χ3v) is 5.23. The molecule has 1 aliphatic heterocycles. The standard InChI is InChI=1S/C25H21N5/c1-3-9-19(10-4-1)23-17-24(20-11-5-2-6-12-20)30(29-23)18-27-28-22-15-7-13-21-14-8-16-26-25(21)22/h1-16,18,24,28H,17H2/b27-18-/t24-/m0/s1.